The van der Waals surface area contributed by atoms with Crippen molar-refractivity contribution in [3.63, 3.8) is 0 Å². The summed E-state index contributed by atoms with van der Waals surface area (Å²) in [6, 6.07) is 1.69. The van der Waals surface area contributed by atoms with Crippen LogP contribution in [-0.2, 0) is 29.5 Å². The first-order chi connectivity index (χ1) is 10.7. The Labute approximate surface area is 130 Å². The average molecular weight is 305 g/mol. The van der Waals surface area contributed by atoms with E-state index in [0.29, 0.717) is 19.6 Å². The molecule has 2 rings (SSSR count). The first-order valence-corrected chi connectivity index (χ1v) is 7.42. The monoisotopic (exact) mass is 305 g/mol. The number of imidazole rings is 1. The smallest absolute Gasteiger partial charge is 0.222 e. The molecule has 7 heteroatoms. The SMILES string of the molecule is CCc1nccn1CCC(=O)NC(COC)c1ccnn1C. The Bertz CT molecular complexity index is 605. The van der Waals surface area contributed by atoms with Crippen molar-refractivity contribution in [3.8, 4) is 0 Å². The van der Waals surface area contributed by atoms with Crippen molar-refractivity contribution in [2.45, 2.75) is 32.4 Å². The van der Waals surface area contributed by atoms with Crippen LogP contribution in [0.15, 0.2) is 24.7 Å². The van der Waals surface area contributed by atoms with Crippen molar-refractivity contribution in [2.24, 2.45) is 7.05 Å². The second-order valence-electron chi connectivity index (χ2n) is 5.10. The van der Waals surface area contributed by atoms with Crippen LogP contribution in [0.4, 0.5) is 0 Å². The highest BCUT2D eigenvalue weighted by molar-refractivity contribution is 5.76. The molecule has 22 heavy (non-hydrogen) atoms. The number of amides is 1. The van der Waals surface area contributed by atoms with E-state index in [4.69, 9.17) is 4.74 Å². The van der Waals surface area contributed by atoms with Gasteiger partial charge in [0, 0.05) is 52.1 Å². The lowest BCUT2D eigenvalue weighted by Crippen LogP contribution is -2.33. The minimum Gasteiger partial charge on any atom is -0.382 e. The second kappa shape index (κ2) is 7.74. The van der Waals surface area contributed by atoms with Gasteiger partial charge in [-0.3, -0.25) is 9.48 Å². The standard InChI is InChI=1S/C15H23N5O2/c1-4-14-16-8-10-20(14)9-6-15(21)18-12(11-22-3)13-5-7-17-19(13)2/h5,7-8,10,12H,4,6,9,11H2,1-3H3,(H,18,21). The zero-order chi connectivity index (χ0) is 15.9. The molecule has 120 valence electrons. The predicted molar refractivity (Wildman–Crippen MR) is 82.2 cm³/mol. The third-order valence-electron chi connectivity index (χ3n) is 3.58. The van der Waals surface area contributed by atoms with E-state index in [2.05, 4.69) is 22.3 Å². The second-order valence-corrected chi connectivity index (χ2v) is 5.10. The Kier molecular flexibility index (Phi) is 5.71. The number of carbonyl (C=O) groups is 1. The summed E-state index contributed by atoms with van der Waals surface area (Å²) in [6.07, 6.45) is 6.64. The number of nitrogens with zero attached hydrogens (tertiary/aromatic N) is 4. The lowest BCUT2D eigenvalue weighted by molar-refractivity contribution is -0.122. The first-order valence-electron chi connectivity index (χ1n) is 7.42. The molecule has 0 spiro atoms. The first kappa shape index (κ1) is 16.2. The van der Waals surface area contributed by atoms with Gasteiger partial charge in [0.2, 0.25) is 5.91 Å². The summed E-state index contributed by atoms with van der Waals surface area (Å²) < 4.78 is 8.95. The van der Waals surface area contributed by atoms with Crippen LogP contribution in [-0.4, -0.2) is 39.0 Å². The molecule has 1 atom stereocenters. The number of nitrogens with one attached hydrogen (secondary N) is 1. The number of methoxy groups -OCH3 is 1. The van der Waals surface area contributed by atoms with Crippen LogP contribution in [0.1, 0.15) is 30.9 Å². The summed E-state index contributed by atoms with van der Waals surface area (Å²) in [5.41, 5.74) is 0.923. The maximum atomic E-state index is 12.2. The highest BCUT2D eigenvalue weighted by atomic mass is 16.5. The zero-order valence-corrected chi connectivity index (χ0v) is 13.3. The molecule has 1 N–H and O–H groups in total. The van der Waals surface area contributed by atoms with E-state index in [1.165, 1.54) is 0 Å². The third-order valence-corrected chi connectivity index (χ3v) is 3.58. The number of ether oxygens (including phenoxy) is 1. The number of rotatable bonds is 8. The molecule has 1 amide bonds. The van der Waals surface area contributed by atoms with E-state index in [9.17, 15) is 4.79 Å². The molecule has 0 fully saturated rings. The molecule has 0 aliphatic rings. The Hall–Kier alpha value is -2.15. The van der Waals surface area contributed by atoms with Crippen LogP contribution in [0.25, 0.3) is 0 Å². The highest BCUT2D eigenvalue weighted by Crippen LogP contribution is 2.12. The number of hydrogen-bond donors (Lipinski definition) is 1. The minimum absolute atomic E-state index is 0.0148. The predicted octanol–water partition coefficient (Wildman–Crippen LogP) is 1.07. The van der Waals surface area contributed by atoms with E-state index in [1.807, 2.05) is 23.9 Å². The molecule has 2 heterocycles. The summed E-state index contributed by atoms with van der Waals surface area (Å²) in [5, 5.41) is 7.14. The lowest BCUT2D eigenvalue weighted by atomic mass is 10.2. The normalized spacial score (nSPS) is 12.3. The third kappa shape index (κ3) is 3.94. The maximum absolute atomic E-state index is 12.2. The molecule has 0 bridgehead atoms. The average Bonchev–Trinajstić information content (AvgIpc) is 3.13. The van der Waals surface area contributed by atoms with Gasteiger partial charge in [0.1, 0.15) is 5.82 Å². The molecule has 7 nitrogen and oxygen atoms in total. The number of aryl methyl sites for hydroxylation is 3. The highest BCUT2D eigenvalue weighted by Gasteiger charge is 2.17. The Morgan fingerprint density at radius 2 is 2.27 bits per heavy atom. The van der Waals surface area contributed by atoms with Gasteiger partial charge in [-0.15, -0.1) is 0 Å². The van der Waals surface area contributed by atoms with Gasteiger partial charge in [-0.2, -0.15) is 5.10 Å². The molecule has 2 aromatic heterocycles. The zero-order valence-electron chi connectivity index (χ0n) is 13.3. The van der Waals surface area contributed by atoms with Gasteiger partial charge in [-0.05, 0) is 6.07 Å². The topological polar surface area (TPSA) is 74.0 Å². The Balaban J connectivity index is 1.93. The van der Waals surface area contributed by atoms with E-state index in [-0.39, 0.29) is 11.9 Å². The van der Waals surface area contributed by atoms with E-state index in [0.717, 1.165) is 17.9 Å². The van der Waals surface area contributed by atoms with Crippen molar-refractivity contribution in [2.75, 3.05) is 13.7 Å². The molecule has 0 saturated heterocycles. The van der Waals surface area contributed by atoms with Crippen molar-refractivity contribution in [1.29, 1.82) is 0 Å². The molecule has 0 aliphatic heterocycles. The quantitative estimate of drug-likeness (QED) is 0.792. The Morgan fingerprint density at radius 3 is 2.91 bits per heavy atom. The minimum atomic E-state index is -0.196. The van der Waals surface area contributed by atoms with E-state index >= 15 is 0 Å². The van der Waals surface area contributed by atoms with Gasteiger partial charge in [0.05, 0.1) is 18.3 Å². The summed E-state index contributed by atoms with van der Waals surface area (Å²) >= 11 is 0. The molecule has 0 aromatic carbocycles. The van der Waals surface area contributed by atoms with Crippen LogP contribution in [0.5, 0.6) is 0 Å². The number of aromatic nitrogens is 4. The Morgan fingerprint density at radius 1 is 1.45 bits per heavy atom. The fourth-order valence-corrected chi connectivity index (χ4v) is 2.44. The lowest BCUT2D eigenvalue weighted by Gasteiger charge is -2.18. The van der Waals surface area contributed by atoms with Crippen molar-refractivity contribution in [3.05, 3.63) is 36.2 Å². The van der Waals surface area contributed by atoms with Gasteiger partial charge < -0.3 is 14.6 Å². The molecular formula is C15H23N5O2. The van der Waals surface area contributed by atoms with Crippen molar-refractivity contribution < 1.29 is 9.53 Å². The van der Waals surface area contributed by atoms with Gasteiger partial charge in [-0.25, -0.2) is 4.98 Å². The number of hydrogen-bond acceptors (Lipinski definition) is 4. The largest absolute Gasteiger partial charge is 0.382 e. The fourth-order valence-electron chi connectivity index (χ4n) is 2.44. The summed E-state index contributed by atoms with van der Waals surface area (Å²) in [7, 11) is 3.47. The van der Waals surface area contributed by atoms with Gasteiger partial charge >= 0.3 is 0 Å². The summed E-state index contributed by atoms with van der Waals surface area (Å²) in [4.78, 5) is 16.5. The molecule has 1 unspecified atom stereocenters. The molecular weight excluding hydrogens is 282 g/mol. The van der Waals surface area contributed by atoms with Gasteiger partial charge in [0.25, 0.3) is 0 Å². The van der Waals surface area contributed by atoms with E-state index in [1.54, 1.807) is 24.2 Å². The fraction of sp³-hybridized carbons (Fsp3) is 0.533. The van der Waals surface area contributed by atoms with Crippen LogP contribution in [0.2, 0.25) is 0 Å². The maximum Gasteiger partial charge on any atom is 0.222 e. The molecule has 0 saturated carbocycles. The molecule has 0 aliphatic carbocycles. The van der Waals surface area contributed by atoms with Crippen LogP contribution >= 0.6 is 0 Å². The van der Waals surface area contributed by atoms with Gasteiger partial charge in [-0.1, -0.05) is 6.92 Å². The van der Waals surface area contributed by atoms with Crippen molar-refractivity contribution in [1.82, 2.24) is 24.6 Å². The van der Waals surface area contributed by atoms with Crippen LogP contribution in [0.3, 0.4) is 0 Å². The molecule has 2 aromatic rings. The molecule has 0 radical (unpaired) electrons. The number of carbonyl (C=O) groups excluding carboxylic acids is 1. The van der Waals surface area contributed by atoms with E-state index < -0.39 is 0 Å². The van der Waals surface area contributed by atoms with Crippen molar-refractivity contribution >= 4 is 5.91 Å². The van der Waals surface area contributed by atoms with Crippen LogP contribution in [0, 0.1) is 0 Å². The van der Waals surface area contributed by atoms with Crippen LogP contribution < -0.4 is 5.32 Å². The summed E-state index contributed by atoms with van der Waals surface area (Å²) in [6.45, 7) is 3.09. The van der Waals surface area contributed by atoms with Gasteiger partial charge in [0.15, 0.2) is 0 Å². The summed E-state index contributed by atoms with van der Waals surface area (Å²) in [5.74, 6) is 0.979.